The van der Waals surface area contributed by atoms with Crippen LogP contribution in [-0.2, 0) is 0 Å². The number of carbonyl (C=O) groups excluding carboxylic acids is 1. The van der Waals surface area contributed by atoms with Crippen LogP contribution in [0.4, 0.5) is 5.69 Å². The minimum absolute atomic E-state index is 0.0570. The van der Waals surface area contributed by atoms with Crippen LogP contribution in [0.1, 0.15) is 46.2 Å². The van der Waals surface area contributed by atoms with Gasteiger partial charge in [-0.15, -0.1) is 0 Å². The number of nitrogens with zero attached hydrogens (tertiary/aromatic N) is 1. The van der Waals surface area contributed by atoms with Gasteiger partial charge in [0.1, 0.15) is 5.82 Å². The fourth-order valence-electron chi connectivity index (χ4n) is 3.32. The first kappa shape index (κ1) is 18.8. The summed E-state index contributed by atoms with van der Waals surface area (Å²) in [5.41, 5.74) is 10.8. The summed E-state index contributed by atoms with van der Waals surface area (Å²) in [6.07, 6.45) is 2.86. The summed E-state index contributed by atoms with van der Waals surface area (Å²) in [6.45, 7) is 6.73. The molecule has 0 saturated heterocycles. The van der Waals surface area contributed by atoms with Gasteiger partial charge in [-0.1, -0.05) is 43.0 Å². The lowest BCUT2D eigenvalue weighted by Gasteiger charge is -2.18. The third-order valence-corrected chi connectivity index (χ3v) is 5.06. The number of nitrogens with one attached hydrogen (secondary N) is 3. The summed E-state index contributed by atoms with van der Waals surface area (Å²) in [5, 5.41) is 6.37. The summed E-state index contributed by atoms with van der Waals surface area (Å²) in [4.78, 5) is 20.3. The van der Waals surface area contributed by atoms with Gasteiger partial charge < -0.3 is 15.6 Å². The molecule has 5 heteroatoms. The highest BCUT2D eigenvalue weighted by Gasteiger charge is 2.17. The third-order valence-electron chi connectivity index (χ3n) is 5.06. The molecule has 3 N–H and O–H groups in total. The monoisotopic (exact) mass is 384 g/mol. The Morgan fingerprint density at radius 2 is 1.93 bits per heavy atom. The van der Waals surface area contributed by atoms with Gasteiger partial charge in [-0.25, -0.2) is 4.98 Å². The molecule has 2 aromatic carbocycles. The fourth-order valence-corrected chi connectivity index (χ4v) is 3.32. The van der Waals surface area contributed by atoms with Gasteiger partial charge >= 0.3 is 0 Å². The van der Waals surface area contributed by atoms with Gasteiger partial charge in [-0.3, -0.25) is 4.79 Å². The Balaban J connectivity index is 1.69. The smallest absolute Gasteiger partial charge is 0.251 e. The number of aromatic nitrogens is 2. The van der Waals surface area contributed by atoms with E-state index >= 15 is 0 Å². The minimum Gasteiger partial charge on any atom is -0.352 e. The molecule has 2 heterocycles. The number of aryl methyl sites for hydroxylation is 2. The van der Waals surface area contributed by atoms with Gasteiger partial charge in [0, 0.05) is 40.2 Å². The predicted octanol–water partition coefficient (Wildman–Crippen LogP) is 4.91. The normalized spacial score (nSPS) is 12.2. The van der Waals surface area contributed by atoms with Crippen molar-refractivity contribution in [2.75, 3.05) is 11.9 Å². The van der Waals surface area contributed by atoms with Gasteiger partial charge in [0.2, 0.25) is 0 Å². The zero-order chi connectivity index (χ0) is 20.4. The van der Waals surface area contributed by atoms with Gasteiger partial charge in [0.15, 0.2) is 0 Å². The molecule has 0 aliphatic carbocycles. The van der Waals surface area contributed by atoms with E-state index in [0.717, 1.165) is 51.7 Å². The number of amides is 1. The highest BCUT2D eigenvalue weighted by atomic mass is 16.1. The standard InChI is InChI=1S/C24H24N4O/c1-4-13-25-24(29)18-10-9-17-11-12-21(28-22(17)14-18)19-7-5-6-8-20(19)23-26-15(2)16(3)27-23/h5-11,14,28H,4,13H2,1-3H3,(H,25,29)(H,26,27). The maximum Gasteiger partial charge on any atom is 0.251 e. The van der Waals surface area contributed by atoms with Crippen LogP contribution in [0.15, 0.2) is 48.2 Å². The number of rotatable bonds is 5. The third kappa shape index (κ3) is 3.73. The van der Waals surface area contributed by atoms with Crippen LogP contribution in [0.2, 0.25) is 0 Å². The fraction of sp³-hybridized carbons (Fsp3) is 0.208. The second-order valence-corrected chi connectivity index (χ2v) is 7.19. The lowest BCUT2D eigenvalue weighted by molar-refractivity contribution is 0.0953. The lowest BCUT2D eigenvalue weighted by atomic mass is 10.00. The van der Waals surface area contributed by atoms with Gasteiger partial charge in [0.05, 0.1) is 11.4 Å². The summed E-state index contributed by atoms with van der Waals surface area (Å²) in [5.74, 6) is 0.781. The van der Waals surface area contributed by atoms with Crippen molar-refractivity contribution in [1.82, 2.24) is 15.3 Å². The molecular weight excluding hydrogens is 360 g/mol. The van der Waals surface area contributed by atoms with Crippen molar-refractivity contribution < 1.29 is 4.79 Å². The predicted molar refractivity (Wildman–Crippen MR) is 118 cm³/mol. The van der Waals surface area contributed by atoms with E-state index in [9.17, 15) is 4.79 Å². The number of fused-ring (bicyclic) bond motifs is 1. The van der Waals surface area contributed by atoms with Crippen LogP contribution < -0.4 is 10.6 Å². The maximum absolute atomic E-state index is 12.3. The molecule has 3 aromatic rings. The van der Waals surface area contributed by atoms with Crippen molar-refractivity contribution in [2.24, 2.45) is 0 Å². The molecule has 146 valence electrons. The molecule has 0 atom stereocenters. The second kappa shape index (κ2) is 7.82. The topological polar surface area (TPSA) is 69.8 Å². The molecule has 0 spiro atoms. The highest BCUT2D eigenvalue weighted by Crippen LogP contribution is 2.32. The van der Waals surface area contributed by atoms with Crippen LogP contribution in [-0.4, -0.2) is 22.4 Å². The van der Waals surface area contributed by atoms with Crippen LogP contribution in [0.25, 0.3) is 23.2 Å². The Kier molecular flexibility index (Phi) is 5.07. The number of benzene rings is 2. The second-order valence-electron chi connectivity index (χ2n) is 7.19. The largest absolute Gasteiger partial charge is 0.352 e. The summed E-state index contributed by atoms with van der Waals surface area (Å²) >= 11 is 0. The lowest BCUT2D eigenvalue weighted by Crippen LogP contribution is -2.24. The quantitative estimate of drug-likeness (QED) is 0.547. The minimum atomic E-state index is -0.0570. The van der Waals surface area contributed by atoms with E-state index in [-0.39, 0.29) is 5.91 Å². The average Bonchev–Trinajstić information content (AvgIpc) is 3.09. The van der Waals surface area contributed by atoms with E-state index in [1.165, 1.54) is 0 Å². The summed E-state index contributed by atoms with van der Waals surface area (Å²) in [6, 6.07) is 13.8. The van der Waals surface area contributed by atoms with Crippen molar-refractivity contribution in [3.63, 3.8) is 0 Å². The maximum atomic E-state index is 12.3. The number of aromatic amines is 1. The Labute approximate surface area is 170 Å². The number of hydrogen-bond acceptors (Lipinski definition) is 3. The van der Waals surface area contributed by atoms with Crippen molar-refractivity contribution in [3.8, 4) is 11.4 Å². The Bertz CT molecular complexity index is 1130. The van der Waals surface area contributed by atoms with E-state index in [1.54, 1.807) is 0 Å². The van der Waals surface area contributed by atoms with Crippen LogP contribution >= 0.6 is 0 Å². The first-order valence-corrected chi connectivity index (χ1v) is 9.85. The van der Waals surface area contributed by atoms with Gasteiger partial charge in [0.25, 0.3) is 5.91 Å². The zero-order valence-corrected chi connectivity index (χ0v) is 16.9. The Hall–Kier alpha value is -3.56. The molecule has 1 aliphatic heterocycles. The molecule has 0 bridgehead atoms. The van der Waals surface area contributed by atoms with E-state index in [4.69, 9.17) is 0 Å². The molecule has 0 unspecified atom stereocenters. The van der Waals surface area contributed by atoms with Crippen LogP contribution in [0, 0.1) is 13.8 Å². The van der Waals surface area contributed by atoms with E-state index < -0.39 is 0 Å². The molecule has 1 aliphatic rings. The Morgan fingerprint density at radius 1 is 1.14 bits per heavy atom. The van der Waals surface area contributed by atoms with Gasteiger partial charge in [-0.2, -0.15) is 0 Å². The number of hydrogen-bond donors (Lipinski definition) is 3. The van der Waals surface area contributed by atoms with Crippen molar-refractivity contribution in [3.05, 3.63) is 76.3 Å². The summed E-state index contributed by atoms with van der Waals surface area (Å²) in [7, 11) is 0. The van der Waals surface area contributed by atoms with E-state index in [1.807, 2.05) is 63.2 Å². The first-order valence-electron chi connectivity index (χ1n) is 9.85. The molecule has 5 nitrogen and oxygen atoms in total. The summed E-state index contributed by atoms with van der Waals surface area (Å²) < 4.78 is 0. The molecule has 0 fully saturated rings. The number of imidazole rings is 1. The zero-order valence-electron chi connectivity index (χ0n) is 16.9. The van der Waals surface area contributed by atoms with Crippen LogP contribution in [0.5, 0.6) is 0 Å². The molecule has 0 radical (unpaired) electrons. The van der Waals surface area contributed by atoms with Crippen molar-refractivity contribution >= 4 is 23.4 Å². The Morgan fingerprint density at radius 3 is 2.66 bits per heavy atom. The molecule has 29 heavy (non-hydrogen) atoms. The van der Waals surface area contributed by atoms with E-state index in [0.29, 0.717) is 12.1 Å². The van der Waals surface area contributed by atoms with Crippen molar-refractivity contribution in [2.45, 2.75) is 27.2 Å². The first-order chi connectivity index (χ1) is 14.1. The molecular formula is C24H24N4O. The molecule has 1 aromatic heterocycles. The number of carbonyl (C=O) groups is 1. The molecule has 0 saturated carbocycles. The number of H-pyrrole nitrogens is 1. The van der Waals surface area contributed by atoms with Crippen molar-refractivity contribution in [1.29, 1.82) is 0 Å². The highest BCUT2D eigenvalue weighted by molar-refractivity contribution is 5.98. The molecule has 1 amide bonds. The van der Waals surface area contributed by atoms with Crippen LogP contribution in [0.3, 0.4) is 0 Å². The number of anilines is 1. The SMILES string of the molecule is CCCNC(=O)c1ccc2c(c1)NC(c1ccccc1-c1nc(C)c(C)[nH]1)=C=C2. The van der Waals surface area contributed by atoms with Gasteiger partial charge in [-0.05, 0) is 38.5 Å². The van der Waals surface area contributed by atoms with E-state index in [2.05, 4.69) is 32.4 Å². The molecule has 4 rings (SSSR count). The average molecular weight is 384 g/mol.